The van der Waals surface area contributed by atoms with E-state index in [9.17, 15) is 9.18 Å². The fraction of sp³-hybridized carbons (Fsp3) is 0.300. The Morgan fingerprint density at radius 2 is 2.33 bits per heavy atom. The standard InChI is InChI=1S/C10H11BrFNO2/c1-2-15-10(14)13-6-7-5-8(12)3-4-9(7)11/h3-5H,2,6H2,1H3,(H,13,14). The van der Waals surface area contributed by atoms with E-state index < -0.39 is 6.09 Å². The summed E-state index contributed by atoms with van der Waals surface area (Å²) in [4.78, 5) is 11.0. The summed E-state index contributed by atoms with van der Waals surface area (Å²) < 4.78 is 18.3. The van der Waals surface area contributed by atoms with Gasteiger partial charge in [0.2, 0.25) is 0 Å². The molecular formula is C10H11BrFNO2. The molecule has 0 aliphatic carbocycles. The van der Waals surface area contributed by atoms with Crippen molar-refractivity contribution in [2.45, 2.75) is 13.5 Å². The third kappa shape index (κ3) is 3.87. The molecule has 15 heavy (non-hydrogen) atoms. The Balaban J connectivity index is 2.57. The van der Waals surface area contributed by atoms with Crippen LogP contribution in [0.4, 0.5) is 9.18 Å². The van der Waals surface area contributed by atoms with Crippen LogP contribution in [-0.2, 0) is 11.3 Å². The van der Waals surface area contributed by atoms with Crippen molar-refractivity contribution in [1.29, 1.82) is 0 Å². The quantitative estimate of drug-likeness (QED) is 0.921. The Labute approximate surface area is 95.7 Å². The van der Waals surface area contributed by atoms with Crippen molar-refractivity contribution in [3.63, 3.8) is 0 Å². The van der Waals surface area contributed by atoms with Gasteiger partial charge in [-0.15, -0.1) is 0 Å². The largest absolute Gasteiger partial charge is 0.450 e. The molecule has 1 amide bonds. The van der Waals surface area contributed by atoms with Crippen LogP contribution in [0.5, 0.6) is 0 Å². The van der Waals surface area contributed by atoms with Crippen molar-refractivity contribution in [2.75, 3.05) is 6.61 Å². The summed E-state index contributed by atoms with van der Waals surface area (Å²) >= 11 is 3.26. The summed E-state index contributed by atoms with van der Waals surface area (Å²) in [5.74, 6) is -0.334. The van der Waals surface area contributed by atoms with Crippen molar-refractivity contribution in [3.05, 3.63) is 34.1 Å². The van der Waals surface area contributed by atoms with Crippen molar-refractivity contribution in [2.24, 2.45) is 0 Å². The summed E-state index contributed by atoms with van der Waals surface area (Å²) in [6.45, 7) is 2.27. The highest BCUT2D eigenvalue weighted by molar-refractivity contribution is 9.10. The molecule has 0 saturated heterocycles. The summed E-state index contributed by atoms with van der Waals surface area (Å²) in [5.41, 5.74) is 0.669. The van der Waals surface area contributed by atoms with Crippen LogP contribution in [0, 0.1) is 5.82 Å². The number of alkyl carbamates (subject to hydrolysis) is 1. The smallest absolute Gasteiger partial charge is 0.407 e. The van der Waals surface area contributed by atoms with Gasteiger partial charge in [0.05, 0.1) is 6.61 Å². The van der Waals surface area contributed by atoms with Crippen molar-refractivity contribution in [1.82, 2.24) is 5.32 Å². The van der Waals surface area contributed by atoms with Gasteiger partial charge in [-0.1, -0.05) is 15.9 Å². The lowest BCUT2D eigenvalue weighted by Crippen LogP contribution is -2.23. The lowest BCUT2D eigenvalue weighted by molar-refractivity contribution is 0.151. The van der Waals surface area contributed by atoms with Crippen LogP contribution >= 0.6 is 15.9 Å². The number of carbonyl (C=O) groups is 1. The predicted octanol–water partition coefficient (Wildman–Crippen LogP) is 2.83. The fourth-order valence-electron chi connectivity index (χ4n) is 1.03. The van der Waals surface area contributed by atoms with E-state index in [2.05, 4.69) is 26.0 Å². The number of hydrogen-bond acceptors (Lipinski definition) is 2. The minimum absolute atomic E-state index is 0.233. The number of carbonyl (C=O) groups excluding carboxylic acids is 1. The number of halogens is 2. The number of amides is 1. The Bertz CT molecular complexity index is 357. The molecule has 0 saturated carbocycles. The Morgan fingerprint density at radius 1 is 1.60 bits per heavy atom. The maximum Gasteiger partial charge on any atom is 0.407 e. The molecule has 0 aliphatic rings. The molecule has 1 N–H and O–H groups in total. The van der Waals surface area contributed by atoms with Crippen LogP contribution in [0.3, 0.4) is 0 Å². The molecule has 0 bridgehead atoms. The van der Waals surface area contributed by atoms with Gasteiger partial charge in [0.25, 0.3) is 0 Å². The zero-order valence-electron chi connectivity index (χ0n) is 8.22. The van der Waals surface area contributed by atoms with Gasteiger partial charge in [0, 0.05) is 11.0 Å². The first-order chi connectivity index (χ1) is 7.13. The van der Waals surface area contributed by atoms with Gasteiger partial charge < -0.3 is 10.1 Å². The van der Waals surface area contributed by atoms with Crippen LogP contribution < -0.4 is 5.32 Å². The third-order valence-electron chi connectivity index (χ3n) is 1.71. The average Bonchev–Trinajstić information content (AvgIpc) is 2.20. The third-order valence-corrected chi connectivity index (χ3v) is 2.48. The highest BCUT2D eigenvalue weighted by Crippen LogP contribution is 2.17. The number of hydrogen-bond donors (Lipinski definition) is 1. The molecule has 1 rings (SSSR count). The second-order valence-electron chi connectivity index (χ2n) is 2.81. The number of rotatable bonds is 3. The normalized spacial score (nSPS) is 9.80. The molecule has 1 aromatic carbocycles. The molecular weight excluding hydrogens is 265 g/mol. The van der Waals surface area contributed by atoms with Crippen molar-refractivity contribution < 1.29 is 13.9 Å². The SMILES string of the molecule is CCOC(=O)NCc1cc(F)ccc1Br. The molecule has 0 atom stereocenters. The van der Waals surface area contributed by atoms with Gasteiger partial charge in [-0.2, -0.15) is 0 Å². The topological polar surface area (TPSA) is 38.3 Å². The van der Waals surface area contributed by atoms with Crippen molar-refractivity contribution in [3.8, 4) is 0 Å². The second kappa shape index (κ2) is 5.70. The number of ether oxygens (including phenoxy) is 1. The van der Waals surface area contributed by atoms with Gasteiger partial charge in [-0.25, -0.2) is 9.18 Å². The molecule has 0 radical (unpaired) electrons. The summed E-state index contributed by atoms with van der Waals surface area (Å²) in [6, 6.07) is 4.30. The Hall–Kier alpha value is -1.10. The zero-order valence-corrected chi connectivity index (χ0v) is 9.80. The Kier molecular flexibility index (Phi) is 4.55. The first kappa shape index (κ1) is 12.0. The number of nitrogens with one attached hydrogen (secondary N) is 1. The first-order valence-corrected chi connectivity index (χ1v) is 5.27. The van der Waals surface area contributed by atoms with Crippen LogP contribution in [0.25, 0.3) is 0 Å². The van der Waals surface area contributed by atoms with E-state index in [1.165, 1.54) is 12.1 Å². The van der Waals surface area contributed by atoms with Gasteiger partial charge in [0.1, 0.15) is 5.82 Å². The van der Waals surface area contributed by atoms with Gasteiger partial charge in [0.15, 0.2) is 0 Å². The summed E-state index contributed by atoms with van der Waals surface area (Å²) in [6.07, 6.45) is -0.506. The molecule has 0 aliphatic heterocycles. The predicted molar refractivity (Wildman–Crippen MR) is 58.0 cm³/mol. The lowest BCUT2D eigenvalue weighted by Gasteiger charge is -2.06. The highest BCUT2D eigenvalue weighted by Gasteiger charge is 2.04. The zero-order chi connectivity index (χ0) is 11.3. The van der Waals surface area contributed by atoms with E-state index in [1.807, 2.05) is 0 Å². The van der Waals surface area contributed by atoms with Crippen LogP contribution in [0.2, 0.25) is 0 Å². The van der Waals surface area contributed by atoms with Gasteiger partial charge in [-0.3, -0.25) is 0 Å². The van der Waals surface area contributed by atoms with E-state index in [0.717, 1.165) is 4.47 Å². The van der Waals surface area contributed by atoms with E-state index in [4.69, 9.17) is 0 Å². The Morgan fingerprint density at radius 3 is 3.00 bits per heavy atom. The minimum atomic E-state index is -0.506. The molecule has 5 heteroatoms. The molecule has 0 fully saturated rings. The minimum Gasteiger partial charge on any atom is -0.450 e. The monoisotopic (exact) mass is 275 g/mol. The van der Waals surface area contributed by atoms with Crippen LogP contribution in [-0.4, -0.2) is 12.7 Å². The maximum absolute atomic E-state index is 12.9. The molecule has 0 heterocycles. The summed E-state index contributed by atoms with van der Waals surface area (Å²) in [5, 5.41) is 2.51. The van der Waals surface area contributed by atoms with E-state index in [0.29, 0.717) is 12.2 Å². The van der Waals surface area contributed by atoms with Gasteiger partial charge in [-0.05, 0) is 30.7 Å². The van der Waals surface area contributed by atoms with Crippen LogP contribution in [0.15, 0.2) is 22.7 Å². The molecule has 82 valence electrons. The average molecular weight is 276 g/mol. The second-order valence-corrected chi connectivity index (χ2v) is 3.66. The molecule has 0 aromatic heterocycles. The summed E-state index contributed by atoms with van der Waals surface area (Å²) in [7, 11) is 0. The molecule has 1 aromatic rings. The highest BCUT2D eigenvalue weighted by atomic mass is 79.9. The fourth-order valence-corrected chi connectivity index (χ4v) is 1.42. The van der Waals surface area contributed by atoms with E-state index in [1.54, 1.807) is 13.0 Å². The van der Waals surface area contributed by atoms with Gasteiger partial charge >= 0.3 is 6.09 Å². The number of benzene rings is 1. The maximum atomic E-state index is 12.9. The van der Waals surface area contributed by atoms with Crippen LogP contribution in [0.1, 0.15) is 12.5 Å². The lowest BCUT2D eigenvalue weighted by atomic mass is 10.2. The molecule has 3 nitrogen and oxygen atoms in total. The molecule has 0 spiro atoms. The van der Waals surface area contributed by atoms with E-state index in [-0.39, 0.29) is 12.4 Å². The first-order valence-electron chi connectivity index (χ1n) is 4.48. The van der Waals surface area contributed by atoms with E-state index >= 15 is 0 Å². The van der Waals surface area contributed by atoms with Crippen molar-refractivity contribution >= 4 is 22.0 Å². The molecule has 0 unspecified atom stereocenters.